The van der Waals surface area contributed by atoms with Crippen molar-refractivity contribution in [1.29, 1.82) is 0 Å². The predicted octanol–water partition coefficient (Wildman–Crippen LogP) is 2.53. The largest absolute Gasteiger partial charge is 0.482 e. The van der Waals surface area contributed by atoms with E-state index in [1.807, 2.05) is 0 Å². The van der Waals surface area contributed by atoms with Gasteiger partial charge in [-0.1, -0.05) is 29.8 Å². The maximum absolute atomic E-state index is 13.9. The second-order valence-corrected chi connectivity index (χ2v) is 8.34. The number of amides is 1. The van der Waals surface area contributed by atoms with Gasteiger partial charge in [0.15, 0.2) is 11.5 Å². The van der Waals surface area contributed by atoms with Crippen LogP contribution in [-0.4, -0.2) is 56.3 Å². The van der Waals surface area contributed by atoms with Crippen LogP contribution >= 0.6 is 11.6 Å². The highest BCUT2D eigenvalue weighted by Crippen LogP contribution is 2.24. The molecular formula is C18H17ClF2N2O4S. The SMILES string of the molecule is O=C(COc1ccccc1Cl)N1CCN(S(=O)(=O)c2c(F)cccc2F)CC1. The molecule has 28 heavy (non-hydrogen) atoms. The molecule has 0 spiro atoms. The Bertz CT molecular complexity index is 959. The van der Waals surface area contributed by atoms with E-state index in [0.29, 0.717) is 10.8 Å². The van der Waals surface area contributed by atoms with E-state index in [2.05, 4.69) is 0 Å². The summed E-state index contributed by atoms with van der Waals surface area (Å²) in [7, 11) is -4.34. The van der Waals surface area contributed by atoms with Crippen molar-refractivity contribution in [2.45, 2.75) is 4.90 Å². The highest BCUT2D eigenvalue weighted by Gasteiger charge is 2.34. The summed E-state index contributed by atoms with van der Waals surface area (Å²) < 4.78 is 59.2. The molecule has 1 aliphatic heterocycles. The summed E-state index contributed by atoms with van der Waals surface area (Å²) in [5, 5.41) is 0.373. The predicted molar refractivity (Wildman–Crippen MR) is 98.6 cm³/mol. The van der Waals surface area contributed by atoms with Crippen molar-refractivity contribution >= 4 is 27.5 Å². The summed E-state index contributed by atoms with van der Waals surface area (Å²) in [5.74, 6) is -2.26. The van der Waals surface area contributed by atoms with Crippen molar-refractivity contribution in [2.75, 3.05) is 32.8 Å². The van der Waals surface area contributed by atoms with Gasteiger partial charge < -0.3 is 9.64 Å². The van der Waals surface area contributed by atoms with Crippen molar-refractivity contribution in [1.82, 2.24) is 9.21 Å². The van der Waals surface area contributed by atoms with Crippen LogP contribution in [0.2, 0.25) is 5.02 Å². The molecule has 0 bridgehead atoms. The lowest BCUT2D eigenvalue weighted by molar-refractivity contribution is -0.134. The van der Waals surface area contributed by atoms with Crippen LogP contribution in [0.25, 0.3) is 0 Å². The van der Waals surface area contributed by atoms with E-state index >= 15 is 0 Å². The van der Waals surface area contributed by atoms with Gasteiger partial charge in [-0.15, -0.1) is 0 Å². The van der Waals surface area contributed by atoms with Crippen molar-refractivity contribution in [3.8, 4) is 5.75 Å². The lowest BCUT2D eigenvalue weighted by Gasteiger charge is -2.34. The van der Waals surface area contributed by atoms with Crippen molar-refractivity contribution in [3.63, 3.8) is 0 Å². The lowest BCUT2D eigenvalue weighted by Crippen LogP contribution is -2.51. The molecule has 0 aromatic heterocycles. The summed E-state index contributed by atoms with van der Waals surface area (Å²) in [5.41, 5.74) is 0. The third-order valence-electron chi connectivity index (χ3n) is 4.30. The molecule has 0 N–H and O–H groups in total. The van der Waals surface area contributed by atoms with Gasteiger partial charge in [0.05, 0.1) is 5.02 Å². The standard InChI is InChI=1S/C18H17ClF2N2O4S/c19-13-4-1-2-7-16(13)27-12-17(24)22-8-10-23(11-9-22)28(25,26)18-14(20)5-3-6-15(18)21/h1-7H,8-12H2. The zero-order chi connectivity index (χ0) is 20.3. The topological polar surface area (TPSA) is 66.9 Å². The Hall–Kier alpha value is -2.23. The number of sulfonamides is 1. The summed E-state index contributed by atoms with van der Waals surface area (Å²) in [6.07, 6.45) is 0. The fourth-order valence-corrected chi connectivity index (χ4v) is 4.55. The lowest BCUT2D eigenvalue weighted by atomic mass is 10.3. The smallest absolute Gasteiger partial charge is 0.260 e. The van der Waals surface area contributed by atoms with E-state index < -0.39 is 26.6 Å². The second kappa shape index (κ2) is 8.42. The van der Waals surface area contributed by atoms with Gasteiger partial charge in [-0.3, -0.25) is 4.79 Å². The van der Waals surface area contributed by atoms with Crippen LogP contribution in [0.4, 0.5) is 8.78 Å². The van der Waals surface area contributed by atoms with Gasteiger partial charge in [0.1, 0.15) is 17.4 Å². The molecule has 1 saturated heterocycles. The quantitative estimate of drug-likeness (QED) is 0.731. The number of nitrogens with zero attached hydrogens (tertiary/aromatic N) is 2. The first kappa shape index (κ1) is 20.5. The molecule has 1 fully saturated rings. The number of hydrogen-bond acceptors (Lipinski definition) is 4. The number of hydrogen-bond donors (Lipinski definition) is 0. The molecule has 1 amide bonds. The molecule has 0 unspecified atom stereocenters. The molecule has 6 nitrogen and oxygen atoms in total. The number of piperazine rings is 1. The van der Waals surface area contributed by atoms with E-state index in [9.17, 15) is 22.0 Å². The number of benzene rings is 2. The number of ether oxygens (including phenoxy) is 1. The number of carbonyl (C=O) groups excluding carboxylic acids is 1. The van der Waals surface area contributed by atoms with Gasteiger partial charge in [-0.05, 0) is 24.3 Å². The van der Waals surface area contributed by atoms with E-state index in [4.69, 9.17) is 16.3 Å². The van der Waals surface area contributed by atoms with Crippen molar-refractivity contribution in [3.05, 3.63) is 59.1 Å². The highest BCUT2D eigenvalue weighted by atomic mass is 35.5. The van der Waals surface area contributed by atoms with E-state index in [-0.39, 0.29) is 38.7 Å². The zero-order valence-electron chi connectivity index (χ0n) is 14.6. The average molecular weight is 431 g/mol. The van der Waals surface area contributed by atoms with Crippen molar-refractivity contribution in [2.24, 2.45) is 0 Å². The minimum Gasteiger partial charge on any atom is -0.482 e. The molecule has 10 heteroatoms. The molecule has 150 valence electrons. The van der Waals surface area contributed by atoms with Crippen LogP contribution in [0.3, 0.4) is 0 Å². The van der Waals surface area contributed by atoms with Gasteiger partial charge in [0.25, 0.3) is 5.91 Å². The third kappa shape index (κ3) is 4.26. The molecule has 0 radical (unpaired) electrons. The Balaban J connectivity index is 1.61. The first-order valence-corrected chi connectivity index (χ1v) is 10.2. The maximum Gasteiger partial charge on any atom is 0.260 e. The van der Waals surface area contributed by atoms with Crippen LogP contribution < -0.4 is 4.74 Å². The second-order valence-electron chi connectivity index (χ2n) is 6.05. The number of rotatable bonds is 5. The van der Waals surface area contributed by atoms with Crippen LogP contribution in [-0.2, 0) is 14.8 Å². The van der Waals surface area contributed by atoms with E-state index in [0.717, 1.165) is 22.5 Å². The van der Waals surface area contributed by atoms with Crippen LogP contribution in [0.15, 0.2) is 47.4 Å². The van der Waals surface area contributed by atoms with E-state index in [1.54, 1.807) is 24.3 Å². The summed E-state index contributed by atoms with van der Waals surface area (Å²) in [4.78, 5) is 12.7. The fourth-order valence-electron chi connectivity index (χ4n) is 2.83. The van der Waals surface area contributed by atoms with Gasteiger partial charge in [0, 0.05) is 26.2 Å². The minimum absolute atomic E-state index is 0.0755. The van der Waals surface area contributed by atoms with Crippen molar-refractivity contribution < 1.29 is 26.7 Å². The molecule has 3 rings (SSSR count). The Labute approximate surface area is 166 Å². The Morgan fingerprint density at radius 2 is 1.61 bits per heavy atom. The zero-order valence-corrected chi connectivity index (χ0v) is 16.2. The normalized spacial score (nSPS) is 15.5. The molecule has 1 aliphatic rings. The highest BCUT2D eigenvalue weighted by molar-refractivity contribution is 7.89. The molecule has 0 atom stereocenters. The molecule has 0 aliphatic carbocycles. The van der Waals surface area contributed by atoms with Gasteiger partial charge in [-0.25, -0.2) is 17.2 Å². The molecule has 1 heterocycles. The minimum atomic E-state index is -4.34. The Morgan fingerprint density at radius 1 is 1.00 bits per heavy atom. The van der Waals surface area contributed by atoms with E-state index in [1.165, 1.54) is 4.90 Å². The molecule has 0 saturated carbocycles. The first-order chi connectivity index (χ1) is 13.3. The van der Waals surface area contributed by atoms with Crippen LogP contribution in [0, 0.1) is 11.6 Å². The summed E-state index contributed by atoms with van der Waals surface area (Å²) in [6.45, 7) is -0.236. The Morgan fingerprint density at radius 3 is 2.21 bits per heavy atom. The maximum atomic E-state index is 13.9. The molecule has 2 aromatic rings. The van der Waals surface area contributed by atoms with Crippen LogP contribution in [0.5, 0.6) is 5.75 Å². The monoisotopic (exact) mass is 430 g/mol. The van der Waals surface area contributed by atoms with Gasteiger partial charge >= 0.3 is 0 Å². The average Bonchev–Trinajstić information content (AvgIpc) is 2.67. The fraction of sp³-hybridized carbons (Fsp3) is 0.278. The number of carbonyl (C=O) groups is 1. The van der Waals surface area contributed by atoms with Gasteiger partial charge in [-0.2, -0.15) is 4.31 Å². The summed E-state index contributed by atoms with van der Waals surface area (Å²) >= 11 is 5.96. The number of halogens is 3. The van der Waals surface area contributed by atoms with Crippen LogP contribution in [0.1, 0.15) is 0 Å². The molecular weight excluding hydrogens is 414 g/mol. The summed E-state index contributed by atoms with van der Waals surface area (Å²) in [6, 6.07) is 9.59. The first-order valence-electron chi connectivity index (χ1n) is 8.40. The third-order valence-corrected chi connectivity index (χ3v) is 6.56. The Kier molecular flexibility index (Phi) is 6.17. The molecule has 2 aromatic carbocycles. The number of para-hydroxylation sites is 1. The van der Waals surface area contributed by atoms with Gasteiger partial charge in [0.2, 0.25) is 10.0 Å².